The predicted molar refractivity (Wildman–Crippen MR) is 122 cm³/mol. The van der Waals surface area contributed by atoms with Crippen LogP contribution in [0.2, 0.25) is 0 Å². The van der Waals surface area contributed by atoms with E-state index in [4.69, 9.17) is 0 Å². The van der Waals surface area contributed by atoms with Gasteiger partial charge in [-0.05, 0) is 42.7 Å². The van der Waals surface area contributed by atoms with Crippen LogP contribution in [0.25, 0.3) is 0 Å². The van der Waals surface area contributed by atoms with Gasteiger partial charge < -0.3 is 9.88 Å². The van der Waals surface area contributed by atoms with Gasteiger partial charge >= 0.3 is 0 Å². The quantitative estimate of drug-likeness (QED) is 0.538. The molecule has 3 heterocycles. The lowest BCUT2D eigenvalue weighted by atomic mass is 9.97. The Kier molecular flexibility index (Phi) is 6.87. The Morgan fingerprint density at radius 2 is 2.13 bits per heavy atom. The number of nitriles is 1. The number of rotatable bonds is 6. The lowest BCUT2D eigenvalue weighted by Gasteiger charge is -2.08. The molecule has 4 rings (SSSR count). The highest BCUT2D eigenvalue weighted by Crippen LogP contribution is 2.36. The number of carbonyl (C=O) groups is 1. The minimum atomic E-state index is -0.117. The third kappa shape index (κ3) is 4.77. The van der Waals surface area contributed by atoms with E-state index in [0.29, 0.717) is 10.6 Å². The first-order valence-electron chi connectivity index (χ1n) is 10.0. The molecule has 1 aliphatic rings. The Morgan fingerprint density at radius 1 is 1.30 bits per heavy atom. The smallest absolute Gasteiger partial charge is 0.235 e. The van der Waals surface area contributed by atoms with E-state index in [2.05, 4.69) is 27.6 Å². The molecular formula is C21H23N5OS3. The van der Waals surface area contributed by atoms with E-state index in [1.807, 2.05) is 23.1 Å². The van der Waals surface area contributed by atoms with Gasteiger partial charge in [0.1, 0.15) is 16.9 Å². The first-order valence-corrected chi connectivity index (χ1v) is 12.7. The third-order valence-corrected chi connectivity index (χ3v) is 8.31. The van der Waals surface area contributed by atoms with Crippen molar-refractivity contribution in [1.82, 2.24) is 14.8 Å². The zero-order valence-corrected chi connectivity index (χ0v) is 19.3. The summed E-state index contributed by atoms with van der Waals surface area (Å²) < 4.78 is 1.94. The minimum Gasteiger partial charge on any atom is -0.316 e. The molecule has 30 heavy (non-hydrogen) atoms. The van der Waals surface area contributed by atoms with Crippen molar-refractivity contribution in [3.63, 3.8) is 0 Å². The van der Waals surface area contributed by atoms with Gasteiger partial charge in [-0.1, -0.05) is 30.7 Å². The summed E-state index contributed by atoms with van der Waals surface area (Å²) in [6.45, 7) is 0. The van der Waals surface area contributed by atoms with Crippen molar-refractivity contribution in [1.29, 1.82) is 5.26 Å². The highest BCUT2D eigenvalue weighted by Gasteiger charge is 2.21. The van der Waals surface area contributed by atoms with E-state index in [-0.39, 0.29) is 11.7 Å². The number of carbonyl (C=O) groups excluding carboxylic acids is 1. The van der Waals surface area contributed by atoms with Gasteiger partial charge in [0, 0.05) is 23.2 Å². The number of hydrogen-bond acceptors (Lipinski definition) is 7. The third-order valence-electron chi connectivity index (χ3n) is 5.21. The molecule has 0 saturated heterocycles. The molecular weight excluding hydrogens is 434 g/mol. The van der Waals surface area contributed by atoms with Crippen LogP contribution < -0.4 is 5.32 Å². The van der Waals surface area contributed by atoms with Gasteiger partial charge in [-0.15, -0.1) is 32.9 Å². The summed E-state index contributed by atoms with van der Waals surface area (Å²) in [6, 6.07) is 6.43. The molecule has 1 amide bonds. The summed E-state index contributed by atoms with van der Waals surface area (Å²) in [6.07, 6.45) is 7.40. The van der Waals surface area contributed by atoms with Crippen LogP contribution >= 0.6 is 34.4 Å². The SMILES string of the molecule is Cn1c(Cc2cccs2)nnc1SCC(=O)Nc1sc2c(c1C#N)CCCCCC2. The van der Waals surface area contributed by atoms with Crippen molar-refractivity contribution in [3.05, 3.63) is 44.2 Å². The molecule has 3 aromatic rings. The van der Waals surface area contributed by atoms with Crippen LogP contribution in [-0.2, 0) is 31.1 Å². The number of fused-ring (bicyclic) bond motifs is 1. The van der Waals surface area contributed by atoms with Gasteiger partial charge in [0.2, 0.25) is 5.91 Å². The van der Waals surface area contributed by atoms with E-state index < -0.39 is 0 Å². The molecule has 0 aromatic carbocycles. The Morgan fingerprint density at radius 3 is 2.90 bits per heavy atom. The van der Waals surface area contributed by atoms with Gasteiger partial charge in [0.25, 0.3) is 0 Å². The van der Waals surface area contributed by atoms with E-state index in [1.165, 1.54) is 34.4 Å². The molecule has 0 fully saturated rings. The zero-order valence-electron chi connectivity index (χ0n) is 16.8. The van der Waals surface area contributed by atoms with Crippen LogP contribution in [0.3, 0.4) is 0 Å². The summed E-state index contributed by atoms with van der Waals surface area (Å²) in [5, 5.41) is 24.6. The molecule has 0 atom stereocenters. The van der Waals surface area contributed by atoms with E-state index in [1.54, 1.807) is 22.7 Å². The summed E-state index contributed by atoms with van der Waals surface area (Å²) in [5.74, 6) is 0.997. The number of anilines is 1. The maximum absolute atomic E-state index is 12.6. The predicted octanol–water partition coefficient (Wildman–Crippen LogP) is 4.79. The number of thioether (sulfide) groups is 1. The minimum absolute atomic E-state index is 0.117. The monoisotopic (exact) mass is 457 g/mol. The maximum atomic E-state index is 12.6. The number of nitrogens with one attached hydrogen (secondary N) is 1. The van der Waals surface area contributed by atoms with Crippen molar-refractivity contribution in [2.24, 2.45) is 7.05 Å². The van der Waals surface area contributed by atoms with E-state index in [0.717, 1.165) is 48.6 Å². The standard InChI is InChI=1S/C21H23N5OS3/c1-26-18(11-14-7-6-10-28-14)24-25-21(26)29-13-19(27)23-20-16(12-22)15-8-4-2-3-5-9-17(15)30-20/h6-7,10H,2-5,8-9,11,13H2,1H3,(H,23,27). The molecule has 0 aliphatic heterocycles. The second kappa shape index (κ2) is 9.77. The largest absolute Gasteiger partial charge is 0.316 e. The number of nitrogens with zero attached hydrogens (tertiary/aromatic N) is 4. The molecule has 156 valence electrons. The average molecular weight is 458 g/mol. The van der Waals surface area contributed by atoms with Crippen molar-refractivity contribution in [3.8, 4) is 6.07 Å². The maximum Gasteiger partial charge on any atom is 0.235 e. The van der Waals surface area contributed by atoms with Gasteiger partial charge in [0.05, 0.1) is 11.3 Å². The van der Waals surface area contributed by atoms with E-state index in [9.17, 15) is 10.1 Å². The fraction of sp³-hybridized carbons (Fsp3) is 0.429. The van der Waals surface area contributed by atoms with Crippen molar-refractivity contribution >= 4 is 45.3 Å². The molecule has 6 nitrogen and oxygen atoms in total. The first-order chi connectivity index (χ1) is 14.7. The Bertz CT molecular complexity index is 1060. The molecule has 0 unspecified atom stereocenters. The first kappa shape index (κ1) is 21.1. The number of aryl methyl sites for hydroxylation is 1. The second-order valence-electron chi connectivity index (χ2n) is 7.28. The van der Waals surface area contributed by atoms with Gasteiger partial charge in [-0.2, -0.15) is 5.26 Å². The number of amides is 1. The topological polar surface area (TPSA) is 83.6 Å². The lowest BCUT2D eigenvalue weighted by Crippen LogP contribution is -2.14. The highest BCUT2D eigenvalue weighted by atomic mass is 32.2. The lowest BCUT2D eigenvalue weighted by molar-refractivity contribution is -0.113. The van der Waals surface area contributed by atoms with Crippen LogP contribution in [0.15, 0.2) is 22.7 Å². The molecule has 0 bridgehead atoms. The fourth-order valence-corrected chi connectivity index (χ4v) is 6.30. The van der Waals surface area contributed by atoms with Gasteiger partial charge in [-0.3, -0.25) is 4.79 Å². The molecule has 3 aromatic heterocycles. The van der Waals surface area contributed by atoms with Gasteiger partial charge in [0.15, 0.2) is 5.16 Å². The van der Waals surface area contributed by atoms with Gasteiger partial charge in [-0.25, -0.2) is 0 Å². The number of hydrogen-bond donors (Lipinski definition) is 1. The van der Waals surface area contributed by atoms with Crippen LogP contribution in [0.4, 0.5) is 5.00 Å². The summed E-state index contributed by atoms with van der Waals surface area (Å²) in [5.41, 5.74) is 1.81. The Hall–Kier alpha value is -2.15. The van der Waals surface area contributed by atoms with Crippen molar-refractivity contribution < 1.29 is 4.79 Å². The summed E-state index contributed by atoms with van der Waals surface area (Å²) >= 11 is 4.63. The van der Waals surface area contributed by atoms with Crippen LogP contribution in [0.1, 0.15) is 52.4 Å². The molecule has 0 spiro atoms. The zero-order chi connectivity index (χ0) is 20.9. The van der Waals surface area contributed by atoms with Crippen LogP contribution in [0.5, 0.6) is 0 Å². The molecule has 9 heteroatoms. The van der Waals surface area contributed by atoms with Crippen molar-refractivity contribution in [2.45, 2.75) is 50.1 Å². The number of aromatic nitrogens is 3. The number of thiophene rings is 2. The van der Waals surface area contributed by atoms with Crippen molar-refractivity contribution in [2.75, 3.05) is 11.1 Å². The van der Waals surface area contributed by atoms with E-state index >= 15 is 0 Å². The normalized spacial score (nSPS) is 13.9. The summed E-state index contributed by atoms with van der Waals surface area (Å²) in [7, 11) is 1.93. The van der Waals surface area contributed by atoms with Crippen LogP contribution in [0, 0.1) is 11.3 Å². The Balaban J connectivity index is 1.39. The Labute approximate surface area is 188 Å². The van der Waals surface area contributed by atoms with Crippen LogP contribution in [-0.4, -0.2) is 26.4 Å². The molecule has 1 N–H and O–H groups in total. The highest BCUT2D eigenvalue weighted by molar-refractivity contribution is 7.99. The average Bonchev–Trinajstić information content (AvgIpc) is 3.42. The molecule has 0 radical (unpaired) electrons. The summed E-state index contributed by atoms with van der Waals surface area (Å²) in [4.78, 5) is 15.1. The molecule has 1 aliphatic carbocycles. The fourth-order valence-electron chi connectivity index (χ4n) is 3.61. The molecule has 0 saturated carbocycles. The second-order valence-corrected chi connectivity index (χ2v) is 10.4.